The maximum Gasteiger partial charge on any atom is 0.208 e. The quantitative estimate of drug-likeness (QED) is 0.823. The van der Waals surface area contributed by atoms with E-state index in [4.69, 9.17) is 4.42 Å². The van der Waals surface area contributed by atoms with Crippen LogP contribution in [0.2, 0.25) is 0 Å². The van der Waals surface area contributed by atoms with Crippen molar-refractivity contribution < 1.29 is 4.42 Å². The van der Waals surface area contributed by atoms with Crippen LogP contribution >= 0.6 is 0 Å². The number of hydrogen-bond donors (Lipinski definition) is 1. The second-order valence-electron chi connectivity index (χ2n) is 3.71. The topological polar surface area (TPSA) is 68.8 Å². The van der Waals surface area contributed by atoms with Crippen molar-refractivity contribution in [3.63, 3.8) is 0 Å². The van der Waals surface area contributed by atoms with Crippen molar-refractivity contribution in [2.45, 2.75) is 26.9 Å². The summed E-state index contributed by atoms with van der Waals surface area (Å²) in [7, 11) is 1.91. The number of rotatable bonds is 4. The number of nitrogens with one attached hydrogen (secondary N) is 1. The second-order valence-corrected chi connectivity index (χ2v) is 3.71. The van der Waals surface area contributed by atoms with Crippen LogP contribution < -0.4 is 5.32 Å². The van der Waals surface area contributed by atoms with Crippen molar-refractivity contribution in [1.82, 2.24) is 25.1 Å². The molecule has 0 amide bonds. The van der Waals surface area contributed by atoms with Gasteiger partial charge in [-0.3, -0.25) is 0 Å². The van der Waals surface area contributed by atoms with Gasteiger partial charge in [-0.25, -0.2) is 4.98 Å². The van der Waals surface area contributed by atoms with E-state index >= 15 is 0 Å². The summed E-state index contributed by atoms with van der Waals surface area (Å²) in [6.45, 7) is 5.10. The Morgan fingerprint density at radius 2 is 2.19 bits per heavy atom. The van der Waals surface area contributed by atoms with Crippen molar-refractivity contribution in [3.8, 4) is 0 Å². The molecule has 1 N–H and O–H groups in total. The molecular formula is C10H15N5O. The average Bonchev–Trinajstić information content (AvgIpc) is 2.76. The van der Waals surface area contributed by atoms with E-state index in [2.05, 4.69) is 20.5 Å². The minimum Gasteiger partial charge on any atom is -0.444 e. The zero-order valence-corrected chi connectivity index (χ0v) is 9.69. The number of nitrogens with zero attached hydrogens (tertiary/aromatic N) is 4. The highest BCUT2D eigenvalue weighted by Gasteiger charge is 2.05. The molecule has 2 aromatic rings. The Kier molecular flexibility index (Phi) is 3.00. The molecule has 2 rings (SSSR count). The van der Waals surface area contributed by atoms with Crippen molar-refractivity contribution in [2.24, 2.45) is 7.05 Å². The standard InChI is InChI=1S/C10H15N5O/c1-7-8(2)16-10(13-7)5-11-4-9-14-12-6-15(9)3/h6,11H,4-5H2,1-3H3. The molecule has 2 heterocycles. The fourth-order valence-electron chi connectivity index (χ4n) is 1.36. The minimum absolute atomic E-state index is 0.599. The molecular weight excluding hydrogens is 206 g/mol. The van der Waals surface area contributed by atoms with Gasteiger partial charge in [0.2, 0.25) is 5.89 Å². The Bertz CT molecular complexity index is 454. The van der Waals surface area contributed by atoms with Crippen LogP contribution in [0.4, 0.5) is 0 Å². The Balaban J connectivity index is 1.87. The van der Waals surface area contributed by atoms with E-state index in [1.54, 1.807) is 6.33 Å². The fraction of sp³-hybridized carbons (Fsp3) is 0.500. The first-order chi connectivity index (χ1) is 7.66. The molecule has 0 unspecified atom stereocenters. The number of aryl methyl sites for hydroxylation is 3. The fourth-order valence-corrected chi connectivity index (χ4v) is 1.36. The highest BCUT2D eigenvalue weighted by Crippen LogP contribution is 2.07. The van der Waals surface area contributed by atoms with E-state index in [1.807, 2.05) is 25.5 Å². The van der Waals surface area contributed by atoms with Crippen molar-refractivity contribution in [2.75, 3.05) is 0 Å². The lowest BCUT2D eigenvalue weighted by atomic mass is 10.4. The largest absolute Gasteiger partial charge is 0.444 e. The molecule has 86 valence electrons. The molecule has 0 saturated heterocycles. The van der Waals surface area contributed by atoms with E-state index in [0.717, 1.165) is 17.3 Å². The molecule has 16 heavy (non-hydrogen) atoms. The molecule has 0 spiro atoms. The van der Waals surface area contributed by atoms with Crippen LogP contribution in [0, 0.1) is 13.8 Å². The highest BCUT2D eigenvalue weighted by molar-refractivity contribution is 5.05. The first kappa shape index (κ1) is 10.8. The number of oxazole rings is 1. The molecule has 2 aromatic heterocycles. The molecule has 0 aromatic carbocycles. The molecule has 0 bridgehead atoms. The van der Waals surface area contributed by atoms with Crippen molar-refractivity contribution >= 4 is 0 Å². The van der Waals surface area contributed by atoms with Gasteiger partial charge in [0, 0.05) is 7.05 Å². The van der Waals surface area contributed by atoms with Crippen LogP contribution in [0.1, 0.15) is 23.2 Å². The zero-order chi connectivity index (χ0) is 11.5. The van der Waals surface area contributed by atoms with E-state index in [9.17, 15) is 0 Å². The first-order valence-electron chi connectivity index (χ1n) is 5.13. The summed E-state index contributed by atoms with van der Waals surface area (Å²) in [6.07, 6.45) is 1.68. The molecule has 0 aliphatic carbocycles. The van der Waals surface area contributed by atoms with Gasteiger partial charge in [0.15, 0.2) is 0 Å². The minimum atomic E-state index is 0.599. The SMILES string of the molecule is Cc1nc(CNCc2nncn2C)oc1C. The van der Waals surface area contributed by atoms with Gasteiger partial charge >= 0.3 is 0 Å². The van der Waals surface area contributed by atoms with Gasteiger partial charge in [0.1, 0.15) is 17.9 Å². The first-order valence-corrected chi connectivity index (χ1v) is 5.13. The number of aromatic nitrogens is 4. The van der Waals surface area contributed by atoms with Crippen molar-refractivity contribution in [1.29, 1.82) is 0 Å². The summed E-state index contributed by atoms with van der Waals surface area (Å²) in [5.41, 5.74) is 0.940. The lowest BCUT2D eigenvalue weighted by Gasteiger charge is -2.00. The predicted molar refractivity (Wildman–Crippen MR) is 57.5 cm³/mol. The Morgan fingerprint density at radius 3 is 2.75 bits per heavy atom. The van der Waals surface area contributed by atoms with Gasteiger partial charge in [-0.1, -0.05) is 0 Å². The highest BCUT2D eigenvalue weighted by atomic mass is 16.4. The van der Waals surface area contributed by atoms with E-state index in [1.165, 1.54) is 0 Å². The normalized spacial score (nSPS) is 10.9. The van der Waals surface area contributed by atoms with Gasteiger partial charge in [0.05, 0.1) is 18.8 Å². The second kappa shape index (κ2) is 4.44. The Hall–Kier alpha value is -1.69. The molecule has 0 saturated carbocycles. The van der Waals surface area contributed by atoms with E-state index in [0.29, 0.717) is 19.0 Å². The van der Waals surface area contributed by atoms with Gasteiger partial charge in [0.25, 0.3) is 0 Å². The maximum atomic E-state index is 5.45. The van der Waals surface area contributed by atoms with Crippen LogP contribution in [-0.2, 0) is 20.1 Å². The summed E-state index contributed by atoms with van der Waals surface area (Å²) < 4.78 is 7.32. The van der Waals surface area contributed by atoms with Crippen LogP contribution in [0.3, 0.4) is 0 Å². The van der Waals surface area contributed by atoms with Crippen LogP contribution in [0.15, 0.2) is 10.7 Å². The van der Waals surface area contributed by atoms with Gasteiger partial charge in [-0.05, 0) is 13.8 Å². The lowest BCUT2D eigenvalue weighted by Crippen LogP contribution is -2.15. The third-order valence-electron chi connectivity index (χ3n) is 2.44. The zero-order valence-electron chi connectivity index (χ0n) is 9.69. The Labute approximate surface area is 93.7 Å². The van der Waals surface area contributed by atoms with Gasteiger partial charge < -0.3 is 14.3 Å². The number of hydrogen-bond acceptors (Lipinski definition) is 5. The Morgan fingerprint density at radius 1 is 1.38 bits per heavy atom. The summed E-state index contributed by atoms with van der Waals surface area (Å²) in [4.78, 5) is 4.28. The van der Waals surface area contributed by atoms with Gasteiger partial charge in [-0.15, -0.1) is 10.2 Å². The summed E-state index contributed by atoms with van der Waals surface area (Å²) in [6, 6.07) is 0. The predicted octanol–water partition coefficient (Wildman–Crippen LogP) is 0.710. The van der Waals surface area contributed by atoms with Crippen LogP contribution in [0.5, 0.6) is 0 Å². The molecule has 6 nitrogen and oxygen atoms in total. The van der Waals surface area contributed by atoms with E-state index in [-0.39, 0.29) is 0 Å². The van der Waals surface area contributed by atoms with Crippen LogP contribution in [-0.4, -0.2) is 19.7 Å². The summed E-state index contributed by atoms with van der Waals surface area (Å²) >= 11 is 0. The third kappa shape index (κ3) is 2.27. The molecule has 0 atom stereocenters. The monoisotopic (exact) mass is 221 g/mol. The molecule has 0 fully saturated rings. The summed E-state index contributed by atoms with van der Waals surface area (Å²) in [5.74, 6) is 2.47. The molecule has 0 radical (unpaired) electrons. The summed E-state index contributed by atoms with van der Waals surface area (Å²) in [5, 5.41) is 11.0. The molecule has 6 heteroatoms. The van der Waals surface area contributed by atoms with Crippen LogP contribution in [0.25, 0.3) is 0 Å². The van der Waals surface area contributed by atoms with Gasteiger partial charge in [-0.2, -0.15) is 0 Å². The smallest absolute Gasteiger partial charge is 0.208 e. The van der Waals surface area contributed by atoms with E-state index < -0.39 is 0 Å². The average molecular weight is 221 g/mol. The molecule has 0 aliphatic rings. The maximum absolute atomic E-state index is 5.45. The lowest BCUT2D eigenvalue weighted by molar-refractivity contribution is 0.445. The van der Waals surface area contributed by atoms with Crippen molar-refractivity contribution in [3.05, 3.63) is 29.5 Å². The molecule has 0 aliphatic heterocycles. The third-order valence-corrected chi connectivity index (χ3v) is 2.44.